The summed E-state index contributed by atoms with van der Waals surface area (Å²) in [6, 6.07) is 1.01. The van der Waals surface area contributed by atoms with Crippen LogP contribution in [0.2, 0.25) is 0 Å². The van der Waals surface area contributed by atoms with Crippen molar-refractivity contribution in [3.05, 3.63) is 0 Å². The highest BCUT2D eigenvalue weighted by Crippen LogP contribution is 2.33. The highest BCUT2D eigenvalue weighted by Gasteiger charge is 2.43. The third-order valence-electron chi connectivity index (χ3n) is 5.20. The van der Waals surface area contributed by atoms with Crippen LogP contribution in [0.25, 0.3) is 0 Å². The van der Waals surface area contributed by atoms with Crippen LogP contribution in [0.4, 0.5) is 0 Å². The molecule has 3 atom stereocenters. The quantitative estimate of drug-likeness (QED) is 0.781. The molecule has 5 heteroatoms. The third kappa shape index (κ3) is 2.85. The van der Waals surface area contributed by atoms with Gasteiger partial charge in [0.1, 0.15) is 0 Å². The van der Waals surface area contributed by atoms with Crippen molar-refractivity contribution in [2.24, 2.45) is 5.92 Å². The Balaban J connectivity index is 1.49. The van der Waals surface area contributed by atoms with Crippen LogP contribution in [-0.4, -0.2) is 61.3 Å². The molecule has 5 nitrogen and oxygen atoms in total. The van der Waals surface area contributed by atoms with Crippen molar-refractivity contribution >= 4 is 5.91 Å². The Bertz CT molecular complexity index is 366. The van der Waals surface area contributed by atoms with Gasteiger partial charge >= 0.3 is 0 Å². The number of ether oxygens (including phenoxy) is 1. The molecule has 1 amide bonds. The van der Waals surface area contributed by atoms with Gasteiger partial charge in [-0.15, -0.1) is 0 Å². The number of amides is 1. The molecule has 3 aliphatic rings. The van der Waals surface area contributed by atoms with Crippen molar-refractivity contribution < 1.29 is 9.53 Å². The minimum atomic E-state index is 0.00445. The van der Waals surface area contributed by atoms with Crippen molar-refractivity contribution in [1.29, 1.82) is 0 Å². The predicted octanol–water partition coefficient (Wildman–Crippen LogP) is 0.354. The molecule has 0 spiro atoms. The van der Waals surface area contributed by atoms with Gasteiger partial charge < -0.3 is 15.4 Å². The molecule has 114 valence electrons. The molecule has 3 fully saturated rings. The van der Waals surface area contributed by atoms with E-state index in [1.807, 2.05) is 0 Å². The average molecular weight is 281 g/mol. The lowest BCUT2D eigenvalue weighted by molar-refractivity contribution is -0.126. The Kier molecular flexibility index (Phi) is 4.02. The van der Waals surface area contributed by atoms with E-state index in [0.717, 1.165) is 45.7 Å². The van der Waals surface area contributed by atoms with Gasteiger partial charge in [-0.25, -0.2) is 0 Å². The van der Waals surface area contributed by atoms with E-state index in [4.69, 9.17) is 4.74 Å². The fraction of sp³-hybridized carbons (Fsp3) is 0.933. The van der Waals surface area contributed by atoms with Crippen LogP contribution in [0.3, 0.4) is 0 Å². The Labute approximate surface area is 121 Å². The van der Waals surface area contributed by atoms with Crippen molar-refractivity contribution in [3.8, 4) is 0 Å². The molecule has 3 saturated heterocycles. The number of fused-ring (bicyclic) bond motifs is 2. The Morgan fingerprint density at radius 2 is 2.10 bits per heavy atom. The molecule has 0 saturated carbocycles. The van der Waals surface area contributed by atoms with Gasteiger partial charge in [0.05, 0.1) is 19.1 Å². The fourth-order valence-corrected chi connectivity index (χ4v) is 3.83. The topological polar surface area (TPSA) is 53.6 Å². The molecule has 0 aromatic rings. The van der Waals surface area contributed by atoms with Crippen LogP contribution in [0.5, 0.6) is 0 Å². The van der Waals surface area contributed by atoms with Gasteiger partial charge in [-0.3, -0.25) is 9.69 Å². The average Bonchev–Trinajstić information content (AvgIpc) is 3.08. The second-order valence-electron chi connectivity index (χ2n) is 7.02. The summed E-state index contributed by atoms with van der Waals surface area (Å²) in [5, 5.41) is 6.72. The zero-order valence-corrected chi connectivity index (χ0v) is 12.7. The molecule has 20 heavy (non-hydrogen) atoms. The Hall–Kier alpha value is -0.650. The number of rotatable bonds is 4. The largest absolute Gasteiger partial charge is 0.379 e. The van der Waals surface area contributed by atoms with Crippen LogP contribution < -0.4 is 10.6 Å². The standard InChI is InChI=1S/C15H27N3O2/c1-15(2,18-5-7-20-8-6-18)10-16-14(19)12-9-11-3-4-13(12)17-11/h11-13,17H,3-10H2,1-2H3,(H,16,19). The van der Waals surface area contributed by atoms with Crippen LogP contribution in [-0.2, 0) is 9.53 Å². The van der Waals surface area contributed by atoms with E-state index in [9.17, 15) is 4.79 Å². The lowest BCUT2D eigenvalue weighted by Crippen LogP contribution is -2.56. The van der Waals surface area contributed by atoms with Gasteiger partial charge in [0.2, 0.25) is 5.91 Å². The number of hydrogen-bond donors (Lipinski definition) is 2. The molecular formula is C15H27N3O2. The minimum Gasteiger partial charge on any atom is -0.379 e. The normalized spacial score (nSPS) is 34.4. The second-order valence-corrected chi connectivity index (χ2v) is 7.02. The van der Waals surface area contributed by atoms with Gasteiger partial charge in [0, 0.05) is 37.3 Å². The summed E-state index contributed by atoms with van der Waals surface area (Å²) in [4.78, 5) is 14.8. The zero-order chi connectivity index (χ0) is 14.2. The van der Waals surface area contributed by atoms with Gasteiger partial charge in [-0.1, -0.05) is 0 Å². The number of nitrogens with zero attached hydrogens (tertiary/aromatic N) is 1. The van der Waals surface area contributed by atoms with Crippen LogP contribution in [0.15, 0.2) is 0 Å². The van der Waals surface area contributed by atoms with E-state index in [1.165, 1.54) is 6.42 Å². The first-order valence-corrected chi connectivity index (χ1v) is 7.93. The minimum absolute atomic E-state index is 0.00445. The van der Waals surface area contributed by atoms with Crippen molar-refractivity contribution in [2.45, 2.75) is 50.7 Å². The number of morpholine rings is 1. The SMILES string of the molecule is CC(C)(CNC(=O)C1CC2CCC1N2)N1CCOCC1. The highest BCUT2D eigenvalue weighted by atomic mass is 16.5. The van der Waals surface area contributed by atoms with E-state index >= 15 is 0 Å². The number of nitrogens with one attached hydrogen (secondary N) is 2. The molecule has 2 N–H and O–H groups in total. The Morgan fingerprint density at radius 1 is 1.35 bits per heavy atom. The summed E-state index contributed by atoms with van der Waals surface area (Å²) >= 11 is 0. The summed E-state index contributed by atoms with van der Waals surface area (Å²) in [5.41, 5.74) is 0.00445. The lowest BCUT2D eigenvalue weighted by Gasteiger charge is -2.41. The molecule has 0 aliphatic carbocycles. The molecule has 0 aromatic carbocycles. The number of carbonyl (C=O) groups is 1. The zero-order valence-electron chi connectivity index (χ0n) is 12.7. The first-order chi connectivity index (χ1) is 9.56. The van der Waals surface area contributed by atoms with Gasteiger partial charge in [-0.2, -0.15) is 0 Å². The number of hydrogen-bond acceptors (Lipinski definition) is 4. The maximum absolute atomic E-state index is 12.4. The molecule has 3 heterocycles. The van der Waals surface area contributed by atoms with Gasteiger partial charge in [0.25, 0.3) is 0 Å². The molecule has 3 unspecified atom stereocenters. The second kappa shape index (κ2) is 5.62. The molecule has 2 bridgehead atoms. The smallest absolute Gasteiger partial charge is 0.224 e. The first kappa shape index (κ1) is 14.3. The summed E-state index contributed by atoms with van der Waals surface area (Å²) in [6.45, 7) is 8.65. The molecule has 0 radical (unpaired) electrons. The third-order valence-corrected chi connectivity index (χ3v) is 5.20. The number of carbonyl (C=O) groups excluding carboxylic acids is 1. The fourth-order valence-electron chi connectivity index (χ4n) is 3.83. The maximum Gasteiger partial charge on any atom is 0.224 e. The van der Waals surface area contributed by atoms with Gasteiger partial charge in [-0.05, 0) is 33.1 Å². The van der Waals surface area contributed by atoms with Crippen LogP contribution in [0, 0.1) is 5.92 Å². The van der Waals surface area contributed by atoms with Crippen LogP contribution in [0.1, 0.15) is 33.1 Å². The molecular weight excluding hydrogens is 254 g/mol. The summed E-state index contributed by atoms with van der Waals surface area (Å²) < 4.78 is 5.40. The van der Waals surface area contributed by atoms with Crippen molar-refractivity contribution in [1.82, 2.24) is 15.5 Å². The van der Waals surface area contributed by atoms with E-state index in [-0.39, 0.29) is 17.4 Å². The summed E-state index contributed by atoms with van der Waals surface area (Å²) in [5.74, 6) is 0.431. The Morgan fingerprint density at radius 3 is 2.70 bits per heavy atom. The molecule has 3 aliphatic heterocycles. The monoisotopic (exact) mass is 281 g/mol. The van der Waals surface area contributed by atoms with Gasteiger partial charge in [0.15, 0.2) is 0 Å². The van der Waals surface area contributed by atoms with Crippen molar-refractivity contribution in [3.63, 3.8) is 0 Å². The van der Waals surface area contributed by atoms with E-state index < -0.39 is 0 Å². The predicted molar refractivity (Wildman–Crippen MR) is 77.5 cm³/mol. The van der Waals surface area contributed by atoms with Crippen LogP contribution >= 0.6 is 0 Å². The van der Waals surface area contributed by atoms with Crippen molar-refractivity contribution in [2.75, 3.05) is 32.8 Å². The summed E-state index contributed by atoms with van der Waals surface area (Å²) in [7, 11) is 0. The lowest BCUT2D eigenvalue weighted by atomic mass is 9.88. The maximum atomic E-state index is 12.4. The van der Waals surface area contributed by atoms with E-state index in [1.54, 1.807) is 0 Å². The van der Waals surface area contributed by atoms with E-state index in [2.05, 4.69) is 29.4 Å². The molecule has 3 rings (SSSR count). The first-order valence-electron chi connectivity index (χ1n) is 7.93. The molecule has 0 aromatic heterocycles. The van der Waals surface area contributed by atoms with E-state index in [0.29, 0.717) is 12.1 Å². The highest BCUT2D eigenvalue weighted by molar-refractivity contribution is 5.80. The summed E-state index contributed by atoms with van der Waals surface area (Å²) in [6.07, 6.45) is 3.43.